The Labute approximate surface area is 180 Å². The molecule has 0 aromatic rings. The predicted octanol–water partition coefficient (Wildman–Crippen LogP) is 3.64. The van der Waals surface area contributed by atoms with Crippen LogP contribution in [0.4, 0.5) is 0 Å². The van der Waals surface area contributed by atoms with Crippen molar-refractivity contribution in [2.45, 2.75) is 39.5 Å². The first-order valence-electron chi connectivity index (χ1n) is 10.2. The van der Waals surface area contributed by atoms with Gasteiger partial charge in [-0.1, -0.05) is 19.7 Å². The summed E-state index contributed by atoms with van der Waals surface area (Å²) in [6.45, 7) is 16.9. The van der Waals surface area contributed by atoms with E-state index in [1.54, 1.807) is 0 Å². The average Bonchev–Trinajstić information content (AvgIpc) is 2.76. The maximum Gasteiger partial charge on any atom is 0.183 e. The van der Waals surface area contributed by atoms with E-state index in [0.717, 1.165) is 38.9 Å². The molecular formula is C23H38O7. The van der Waals surface area contributed by atoms with E-state index in [2.05, 4.69) is 19.7 Å². The second kappa shape index (κ2) is 21.6. The van der Waals surface area contributed by atoms with Crippen molar-refractivity contribution in [2.75, 3.05) is 39.6 Å². The van der Waals surface area contributed by atoms with Gasteiger partial charge < -0.3 is 19.3 Å². The quantitative estimate of drug-likeness (QED) is 0.273. The van der Waals surface area contributed by atoms with E-state index in [1.807, 2.05) is 13.8 Å². The summed E-state index contributed by atoms with van der Waals surface area (Å²) in [5.41, 5.74) is 0. The van der Waals surface area contributed by atoms with Gasteiger partial charge in [0.05, 0.1) is 13.2 Å². The van der Waals surface area contributed by atoms with Crippen LogP contribution in [-0.4, -0.2) is 62.6 Å². The van der Waals surface area contributed by atoms with Crippen molar-refractivity contribution in [1.29, 1.82) is 0 Å². The van der Waals surface area contributed by atoms with E-state index in [9.17, 15) is 9.59 Å². The van der Waals surface area contributed by atoms with Crippen LogP contribution in [-0.2, 0) is 28.6 Å². The lowest BCUT2D eigenvalue weighted by atomic mass is 9.83. The molecule has 1 aliphatic rings. The maximum absolute atomic E-state index is 11.0. The lowest BCUT2D eigenvalue weighted by molar-refractivity contribution is -0.120. The van der Waals surface area contributed by atoms with Crippen molar-refractivity contribution >= 4 is 17.9 Å². The molecule has 1 fully saturated rings. The van der Waals surface area contributed by atoms with Crippen LogP contribution >= 0.6 is 0 Å². The molecule has 1 N–H and O–H groups in total. The minimum absolute atomic E-state index is 0.0704. The van der Waals surface area contributed by atoms with Crippen molar-refractivity contribution in [3.05, 3.63) is 37.6 Å². The van der Waals surface area contributed by atoms with Gasteiger partial charge in [-0.25, -0.2) is 0 Å². The molecule has 7 nitrogen and oxygen atoms in total. The number of aliphatic hydroxyl groups is 1. The molecule has 0 unspecified atom stereocenters. The summed E-state index contributed by atoms with van der Waals surface area (Å²) in [6, 6.07) is 0. The van der Waals surface area contributed by atoms with Crippen molar-refractivity contribution in [3.8, 4) is 0 Å². The van der Waals surface area contributed by atoms with Crippen molar-refractivity contribution < 1.29 is 33.7 Å². The molecule has 1 aliphatic carbocycles. The first kappa shape index (κ1) is 30.1. The van der Waals surface area contributed by atoms with Gasteiger partial charge in [0.25, 0.3) is 0 Å². The number of ketones is 2. The van der Waals surface area contributed by atoms with Crippen molar-refractivity contribution in [3.63, 3.8) is 0 Å². The fourth-order valence-electron chi connectivity index (χ4n) is 2.54. The molecule has 1 saturated carbocycles. The third-order valence-electron chi connectivity index (χ3n) is 4.16. The largest absolute Gasteiger partial charge is 0.505 e. The molecule has 30 heavy (non-hydrogen) atoms. The summed E-state index contributed by atoms with van der Waals surface area (Å²) in [7, 11) is 0. The molecule has 0 bridgehead atoms. The van der Waals surface area contributed by atoms with Gasteiger partial charge in [-0.15, -0.1) is 0 Å². The first-order chi connectivity index (χ1) is 14.3. The predicted molar refractivity (Wildman–Crippen MR) is 117 cm³/mol. The summed E-state index contributed by atoms with van der Waals surface area (Å²) in [4.78, 5) is 31.2. The Hall–Kier alpha value is -2.09. The monoisotopic (exact) mass is 426 g/mol. The Bertz CT molecular complexity index is 470. The van der Waals surface area contributed by atoms with Crippen LogP contribution < -0.4 is 0 Å². The van der Waals surface area contributed by atoms with E-state index in [-0.39, 0.29) is 31.1 Å². The molecule has 0 aromatic carbocycles. The minimum Gasteiger partial charge on any atom is -0.505 e. The van der Waals surface area contributed by atoms with Crippen LogP contribution in [0.2, 0.25) is 0 Å². The Kier molecular flexibility index (Phi) is 21.7. The lowest BCUT2D eigenvalue weighted by Gasteiger charge is -2.28. The number of aliphatic hydroxyl groups excluding tert-OH is 1. The molecule has 7 heteroatoms. The maximum atomic E-state index is 11.0. The van der Waals surface area contributed by atoms with Gasteiger partial charge in [0, 0.05) is 13.2 Å². The Morgan fingerprint density at radius 3 is 1.40 bits per heavy atom. The van der Waals surface area contributed by atoms with Crippen LogP contribution in [0.5, 0.6) is 0 Å². The van der Waals surface area contributed by atoms with Gasteiger partial charge in [0.2, 0.25) is 0 Å². The fraction of sp³-hybridized carbons (Fsp3) is 0.609. The zero-order chi connectivity index (χ0) is 23.2. The lowest BCUT2D eigenvalue weighted by Crippen LogP contribution is -2.23. The van der Waals surface area contributed by atoms with Crippen LogP contribution in [0.15, 0.2) is 37.6 Å². The smallest absolute Gasteiger partial charge is 0.183 e. The highest BCUT2D eigenvalue weighted by Crippen LogP contribution is 2.29. The Morgan fingerprint density at radius 1 is 0.867 bits per heavy atom. The molecular weight excluding hydrogens is 388 g/mol. The van der Waals surface area contributed by atoms with Crippen molar-refractivity contribution in [2.24, 2.45) is 11.8 Å². The fourth-order valence-corrected chi connectivity index (χ4v) is 2.54. The molecule has 1 rings (SSSR count). The van der Waals surface area contributed by atoms with Gasteiger partial charge >= 0.3 is 0 Å². The van der Waals surface area contributed by atoms with E-state index in [1.165, 1.54) is 12.2 Å². The van der Waals surface area contributed by atoms with Crippen LogP contribution in [0.1, 0.15) is 39.5 Å². The molecule has 172 valence electrons. The molecule has 0 saturated heterocycles. The first-order valence-corrected chi connectivity index (χ1v) is 10.2. The highest BCUT2D eigenvalue weighted by atomic mass is 16.5. The second-order valence-corrected chi connectivity index (χ2v) is 6.65. The number of hydrogen-bond acceptors (Lipinski definition) is 7. The molecule has 0 spiro atoms. The van der Waals surface area contributed by atoms with E-state index >= 15 is 0 Å². The van der Waals surface area contributed by atoms with Crippen LogP contribution in [0, 0.1) is 11.8 Å². The second-order valence-electron chi connectivity index (χ2n) is 6.65. The third-order valence-corrected chi connectivity index (χ3v) is 4.16. The number of ether oxygens (including phenoxy) is 3. The highest BCUT2D eigenvalue weighted by molar-refractivity contribution is 5.90. The van der Waals surface area contributed by atoms with Gasteiger partial charge in [0.15, 0.2) is 17.9 Å². The van der Waals surface area contributed by atoms with E-state index < -0.39 is 5.76 Å². The number of carbonyl (C=O) groups excluding carboxylic acids is 3. The van der Waals surface area contributed by atoms with Gasteiger partial charge in [-0.3, -0.25) is 14.4 Å². The highest BCUT2D eigenvalue weighted by Gasteiger charge is 2.21. The number of aldehydes is 1. The SMILES string of the molecule is C=C(O)C=O.C=CC(=O)COCC1CCC(COCC(=O)C=C)CC1.CCOCC. The molecule has 0 aliphatic heterocycles. The topological polar surface area (TPSA) is 99.1 Å². The van der Waals surface area contributed by atoms with E-state index in [4.69, 9.17) is 24.1 Å². The normalized spacial score (nSPS) is 17.3. The summed E-state index contributed by atoms with van der Waals surface area (Å²) in [5.74, 6) is 0.486. The minimum atomic E-state index is -0.426. The average molecular weight is 427 g/mol. The van der Waals surface area contributed by atoms with Crippen molar-refractivity contribution in [1.82, 2.24) is 0 Å². The molecule has 0 radical (unpaired) electrons. The molecule has 0 aromatic heterocycles. The zero-order valence-electron chi connectivity index (χ0n) is 18.5. The molecule has 0 atom stereocenters. The summed E-state index contributed by atoms with van der Waals surface area (Å²) >= 11 is 0. The van der Waals surface area contributed by atoms with Gasteiger partial charge in [-0.2, -0.15) is 0 Å². The van der Waals surface area contributed by atoms with E-state index in [0.29, 0.717) is 25.0 Å². The molecule has 0 heterocycles. The third kappa shape index (κ3) is 20.6. The number of allylic oxidation sites excluding steroid dienone is 1. The molecule has 0 amide bonds. The summed E-state index contributed by atoms with van der Waals surface area (Å²) < 4.78 is 15.6. The Morgan fingerprint density at radius 2 is 1.20 bits per heavy atom. The standard InChI is InChI=1S/C16H24O4.C4H10O.C3H4O2/c1-3-15(17)11-19-9-13-5-7-14(8-6-13)10-20-12-16(18)4-2;1-3-5-4-2;1-3(5)2-4/h3-4,13-14H,1-2,5-12H2;3-4H2,1-2H3;2,5H,1H2. The number of carbonyl (C=O) groups is 3. The summed E-state index contributed by atoms with van der Waals surface area (Å²) in [6.07, 6.45) is 7.21. The van der Waals surface area contributed by atoms with Crippen LogP contribution in [0.3, 0.4) is 0 Å². The number of rotatable bonds is 13. The summed E-state index contributed by atoms with van der Waals surface area (Å²) in [5, 5.41) is 7.80. The zero-order valence-corrected chi connectivity index (χ0v) is 18.5. The number of hydrogen-bond donors (Lipinski definition) is 1. The van der Waals surface area contributed by atoms with Crippen LogP contribution in [0.25, 0.3) is 0 Å². The van der Waals surface area contributed by atoms with Gasteiger partial charge in [-0.05, 0) is 63.5 Å². The Balaban J connectivity index is 0. The van der Waals surface area contributed by atoms with Gasteiger partial charge in [0.1, 0.15) is 19.0 Å².